The largest absolute Gasteiger partial charge is 0.416 e. The molecule has 1 N–H and O–H groups in total. The number of nitrogens with one attached hydrogen (secondary N) is 1. The third-order valence-corrected chi connectivity index (χ3v) is 1.66. The molecule has 0 aliphatic heterocycles. The van der Waals surface area contributed by atoms with Crippen molar-refractivity contribution in [2.24, 2.45) is 0 Å². The minimum atomic E-state index is -4.49. The van der Waals surface area contributed by atoms with Crippen molar-refractivity contribution in [2.45, 2.75) is 6.18 Å². The molecule has 0 unspecified atom stereocenters. The minimum absolute atomic E-state index is 0.0630. The van der Waals surface area contributed by atoms with E-state index in [4.69, 9.17) is 10.5 Å². The number of nitrogens with zero attached hydrogens (tertiary/aromatic N) is 2. The summed E-state index contributed by atoms with van der Waals surface area (Å²) in [5.74, 6) is 0. The molecule has 0 fully saturated rings. The number of hydrogen-bond acceptors (Lipinski definition) is 3. The van der Waals surface area contributed by atoms with Crippen LogP contribution in [0.2, 0.25) is 0 Å². The molecule has 0 aliphatic rings. The lowest BCUT2D eigenvalue weighted by Gasteiger charge is -2.08. The van der Waals surface area contributed by atoms with Crippen LogP contribution in [0.1, 0.15) is 11.1 Å². The molecule has 0 bridgehead atoms. The van der Waals surface area contributed by atoms with Crippen LogP contribution < -0.4 is 5.32 Å². The van der Waals surface area contributed by atoms with E-state index in [1.165, 1.54) is 6.19 Å². The zero-order chi connectivity index (χ0) is 11.5. The highest BCUT2D eigenvalue weighted by molar-refractivity contribution is 5.60. The molecule has 0 aliphatic carbocycles. The fraction of sp³-hybridized carbons (Fsp3) is 0.111. The second kappa shape index (κ2) is 3.89. The van der Waals surface area contributed by atoms with Gasteiger partial charge >= 0.3 is 6.18 Å². The maximum atomic E-state index is 12.2. The van der Waals surface area contributed by atoms with Crippen molar-refractivity contribution >= 4 is 5.69 Å². The first kappa shape index (κ1) is 10.9. The van der Waals surface area contributed by atoms with Crippen LogP contribution in [0.5, 0.6) is 0 Å². The molecule has 1 aromatic rings. The fourth-order valence-corrected chi connectivity index (χ4v) is 0.982. The van der Waals surface area contributed by atoms with Crippen molar-refractivity contribution < 1.29 is 13.2 Å². The van der Waals surface area contributed by atoms with Crippen LogP contribution in [0, 0.1) is 22.8 Å². The third-order valence-electron chi connectivity index (χ3n) is 1.66. The monoisotopic (exact) mass is 211 g/mol. The van der Waals surface area contributed by atoms with Gasteiger partial charge in [-0.25, -0.2) is 0 Å². The summed E-state index contributed by atoms with van der Waals surface area (Å²) in [5.41, 5.74) is -1.07. The number of nitriles is 2. The quantitative estimate of drug-likeness (QED) is 0.573. The Hall–Kier alpha value is -2.21. The summed E-state index contributed by atoms with van der Waals surface area (Å²) >= 11 is 0. The molecule has 76 valence electrons. The first-order valence-electron chi connectivity index (χ1n) is 3.75. The Morgan fingerprint density at radius 3 is 2.33 bits per heavy atom. The van der Waals surface area contributed by atoms with Crippen molar-refractivity contribution in [3.8, 4) is 12.3 Å². The summed E-state index contributed by atoms with van der Waals surface area (Å²) < 4.78 is 36.7. The second-order valence-electron chi connectivity index (χ2n) is 2.61. The van der Waals surface area contributed by atoms with E-state index in [9.17, 15) is 13.2 Å². The van der Waals surface area contributed by atoms with E-state index in [0.717, 1.165) is 12.1 Å². The van der Waals surface area contributed by atoms with Gasteiger partial charge in [-0.2, -0.15) is 23.7 Å². The highest BCUT2D eigenvalue weighted by Crippen LogP contribution is 2.31. The van der Waals surface area contributed by atoms with E-state index in [-0.39, 0.29) is 11.3 Å². The summed E-state index contributed by atoms with van der Waals surface area (Å²) in [7, 11) is 0. The zero-order valence-electron chi connectivity index (χ0n) is 7.26. The van der Waals surface area contributed by atoms with Crippen LogP contribution in [0.15, 0.2) is 18.2 Å². The molecule has 0 aromatic heterocycles. The van der Waals surface area contributed by atoms with Crippen LogP contribution >= 0.6 is 0 Å². The molecule has 3 nitrogen and oxygen atoms in total. The SMILES string of the molecule is N#CNc1ccc(C(F)(F)F)cc1C#N. The first-order chi connectivity index (χ1) is 6.99. The third kappa shape index (κ3) is 2.38. The van der Waals surface area contributed by atoms with Gasteiger partial charge in [0.15, 0.2) is 6.19 Å². The summed E-state index contributed by atoms with van der Waals surface area (Å²) in [6.45, 7) is 0. The van der Waals surface area contributed by atoms with E-state index in [1.807, 2.05) is 0 Å². The number of halogens is 3. The van der Waals surface area contributed by atoms with Crippen LogP contribution in [0.3, 0.4) is 0 Å². The average molecular weight is 211 g/mol. The fourth-order valence-electron chi connectivity index (χ4n) is 0.982. The minimum Gasteiger partial charge on any atom is -0.291 e. The number of rotatable bonds is 1. The van der Waals surface area contributed by atoms with E-state index >= 15 is 0 Å². The zero-order valence-corrected chi connectivity index (χ0v) is 7.26. The Morgan fingerprint density at radius 1 is 1.20 bits per heavy atom. The molecule has 0 saturated heterocycles. The number of alkyl halides is 3. The molecule has 0 radical (unpaired) electrons. The lowest BCUT2D eigenvalue weighted by atomic mass is 10.1. The van der Waals surface area contributed by atoms with Gasteiger partial charge in [0.05, 0.1) is 16.8 Å². The molecule has 0 heterocycles. The molecule has 6 heteroatoms. The average Bonchev–Trinajstić information content (AvgIpc) is 2.17. The van der Waals surface area contributed by atoms with Crippen molar-refractivity contribution in [1.82, 2.24) is 0 Å². The van der Waals surface area contributed by atoms with Gasteiger partial charge in [-0.1, -0.05) is 0 Å². The standard InChI is InChI=1S/C9H4F3N3/c10-9(11,12)7-1-2-8(15-5-14)6(3-7)4-13/h1-3,15H. The highest BCUT2D eigenvalue weighted by Gasteiger charge is 2.30. The predicted molar refractivity (Wildman–Crippen MR) is 45.4 cm³/mol. The molecule has 1 aromatic carbocycles. The Balaban J connectivity index is 3.22. The molecule has 15 heavy (non-hydrogen) atoms. The summed E-state index contributed by atoms with van der Waals surface area (Å²) in [6, 6.07) is 4.13. The molecule has 0 amide bonds. The maximum absolute atomic E-state index is 12.2. The lowest BCUT2D eigenvalue weighted by Crippen LogP contribution is -2.05. The van der Waals surface area contributed by atoms with E-state index in [2.05, 4.69) is 5.32 Å². The first-order valence-corrected chi connectivity index (χ1v) is 3.75. The van der Waals surface area contributed by atoms with E-state index in [0.29, 0.717) is 6.07 Å². The molecule has 1 rings (SSSR count). The normalized spacial score (nSPS) is 10.2. The topological polar surface area (TPSA) is 59.6 Å². The number of anilines is 1. The highest BCUT2D eigenvalue weighted by atomic mass is 19.4. The van der Waals surface area contributed by atoms with Gasteiger partial charge in [-0.3, -0.25) is 5.32 Å². The van der Waals surface area contributed by atoms with Crippen molar-refractivity contribution in [2.75, 3.05) is 5.32 Å². The van der Waals surface area contributed by atoms with Crippen molar-refractivity contribution in [3.63, 3.8) is 0 Å². The second-order valence-corrected chi connectivity index (χ2v) is 2.61. The van der Waals surface area contributed by atoms with Crippen LogP contribution in [0.25, 0.3) is 0 Å². The van der Waals surface area contributed by atoms with Gasteiger partial charge < -0.3 is 0 Å². The molecule has 0 atom stereocenters. The van der Waals surface area contributed by atoms with Crippen LogP contribution in [-0.2, 0) is 6.18 Å². The summed E-state index contributed by atoms with van der Waals surface area (Å²) in [6.07, 6.45) is -2.95. The Morgan fingerprint density at radius 2 is 1.87 bits per heavy atom. The van der Waals surface area contributed by atoms with Gasteiger partial charge in [0, 0.05) is 0 Å². The summed E-state index contributed by atoms with van der Waals surface area (Å²) in [4.78, 5) is 0. The van der Waals surface area contributed by atoms with Gasteiger partial charge in [0.25, 0.3) is 0 Å². The predicted octanol–water partition coefficient (Wildman–Crippen LogP) is 2.47. The van der Waals surface area contributed by atoms with Crippen LogP contribution in [-0.4, -0.2) is 0 Å². The lowest BCUT2D eigenvalue weighted by molar-refractivity contribution is -0.137. The van der Waals surface area contributed by atoms with E-state index < -0.39 is 11.7 Å². The Kier molecular flexibility index (Phi) is 2.82. The van der Waals surface area contributed by atoms with Crippen LogP contribution in [0.4, 0.5) is 18.9 Å². The number of hydrogen-bond donors (Lipinski definition) is 1. The maximum Gasteiger partial charge on any atom is 0.416 e. The van der Waals surface area contributed by atoms with Crippen molar-refractivity contribution in [3.05, 3.63) is 29.3 Å². The van der Waals surface area contributed by atoms with Gasteiger partial charge in [-0.05, 0) is 18.2 Å². The van der Waals surface area contributed by atoms with Gasteiger partial charge in [-0.15, -0.1) is 0 Å². The Bertz CT molecular complexity index is 451. The summed E-state index contributed by atoms with van der Waals surface area (Å²) in [5, 5.41) is 19.0. The van der Waals surface area contributed by atoms with Crippen molar-refractivity contribution in [1.29, 1.82) is 10.5 Å². The van der Waals surface area contributed by atoms with Gasteiger partial charge in [0.1, 0.15) is 6.07 Å². The Labute approximate surface area is 83.4 Å². The van der Waals surface area contributed by atoms with Gasteiger partial charge in [0.2, 0.25) is 0 Å². The molecular weight excluding hydrogens is 207 g/mol. The molecule has 0 saturated carbocycles. The number of benzene rings is 1. The smallest absolute Gasteiger partial charge is 0.291 e. The molecule has 0 spiro atoms. The van der Waals surface area contributed by atoms with E-state index in [1.54, 1.807) is 6.07 Å². The molecular formula is C9H4F3N3.